The summed E-state index contributed by atoms with van der Waals surface area (Å²) in [6.45, 7) is 7.71. The minimum Gasteiger partial charge on any atom is -0.352 e. The second-order valence-corrected chi connectivity index (χ2v) is 7.80. The Balaban J connectivity index is 1.35. The number of hydrogen-bond acceptors (Lipinski definition) is 4. The third kappa shape index (κ3) is 3.85. The van der Waals surface area contributed by atoms with Crippen molar-refractivity contribution in [1.82, 2.24) is 30.0 Å². The Morgan fingerprint density at radius 2 is 1.97 bits per heavy atom. The SMILES string of the molecule is Cc1n[nH]c(C)c1CNC(=O)C1CN(C(=O)c2ccccc2Cn2ccnc2C)C1. The highest BCUT2D eigenvalue weighted by Crippen LogP contribution is 2.22. The molecule has 1 saturated heterocycles. The summed E-state index contributed by atoms with van der Waals surface area (Å²) in [5, 5.41) is 10.0. The summed E-state index contributed by atoms with van der Waals surface area (Å²) >= 11 is 0. The van der Waals surface area contributed by atoms with Crippen LogP contribution in [0.1, 0.15) is 38.7 Å². The van der Waals surface area contributed by atoms with Crippen LogP contribution in [-0.2, 0) is 17.9 Å². The van der Waals surface area contributed by atoms with Crippen LogP contribution in [0.4, 0.5) is 0 Å². The number of amides is 2. The number of H-pyrrole nitrogens is 1. The Kier molecular flexibility index (Phi) is 5.39. The molecule has 156 valence electrons. The monoisotopic (exact) mass is 406 g/mol. The molecule has 0 radical (unpaired) electrons. The van der Waals surface area contributed by atoms with Gasteiger partial charge >= 0.3 is 0 Å². The minimum absolute atomic E-state index is 0.0265. The van der Waals surface area contributed by atoms with Crippen LogP contribution >= 0.6 is 0 Å². The van der Waals surface area contributed by atoms with Gasteiger partial charge in [0.05, 0.1) is 11.6 Å². The lowest BCUT2D eigenvalue weighted by Gasteiger charge is -2.38. The predicted octanol–water partition coefficient (Wildman–Crippen LogP) is 1.97. The normalized spacial score (nSPS) is 13.9. The maximum Gasteiger partial charge on any atom is 0.254 e. The third-order valence-corrected chi connectivity index (χ3v) is 5.77. The highest BCUT2D eigenvalue weighted by Gasteiger charge is 2.36. The van der Waals surface area contributed by atoms with Gasteiger partial charge in [-0.05, 0) is 32.4 Å². The number of carbonyl (C=O) groups excluding carboxylic acids is 2. The van der Waals surface area contributed by atoms with Gasteiger partial charge < -0.3 is 14.8 Å². The molecule has 0 aliphatic carbocycles. The van der Waals surface area contributed by atoms with Gasteiger partial charge in [-0.1, -0.05) is 18.2 Å². The van der Waals surface area contributed by atoms with E-state index in [0.717, 1.165) is 28.3 Å². The van der Waals surface area contributed by atoms with Crippen molar-refractivity contribution in [3.8, 4) is 0 Å². The summed E-state index contributed by atoms with van der Waals surface area (Å²) < 4.78 is 2.01. The van der Waals surface area contributed by atoms with E-state index in [0.29, 0.717) is 31.7 Å². The molecule has 0 unspecified atom stereocenters. The fourth-order valence-electron chi connectivity index (χ4n) is 3.76. The third-order valence-electron chi connectivity index (χ3n) is 5.77. The van der Waals surface area contributed by atoms with Crippen LogP contribution in [0.15, 0.2) is 36.7 Å². The summed E-state index contributed by atoms with van der Waals surface area (Å²) in [6.07, 6.45) is 3.66. The van der Waals surface area contributed by atoms with Gasteiger partial charge in [-0.2, -0.15) is 5.10 Å². The van der Waals surface area contributed by atoms with Gasteiger partial charge in [0.15, 0.2) is 0 Å². The molecule has 1 aromatic carbocycles. The number of aromatic amines is 1. The van der Waals surface area contributed by atoms with E-state index in [1.54, 1.807) is 11.1 Å². The summed E-state index contributed by atoms with van der Waals surface area (Å²) in [5.41, 5.74) is 4.49. The lowest BCUT2D eigenvalue weighted by Crippen LogP contribution is -2.55. The molecule has 2 amide bonds. The average molecular weight is 406 g/mol. The number of carbonyl (C=O) groups is 2. The Morgan fingerprint density at radius 1 is 1.20 bits per heavy atom. The number of imidazole rings is 1. The van der Waals surface area contributed by atoms with Crippen molar-refractivity contribution in [2.45, 2.75) is 33.9 Å². The van der Waals surface area contributed by atoms with E-state index in [-0.39, 0.29) is 17.7 Å². The molecular weight excluding hydrogens is 380 g/mol. The van der Waals surface area contributed by atoms with Crippen LogP contribution in [0, 0.1) is 26.7 Å². The summed E-state index contributed by atoms with van der Waals surface area (Å²) in [6, 6.07) is 7.62. The number of nitrogens with zero attached hydrogens (tertiary/aromatic N) is 4. The first kappa shape index (κ1) is 19.9. The van der Waals surface area contributed by atoms with E-state index < -0.39 is 0 Å². The highest BCUT2D eigenvalue weighted by atomic mass is 16.2. The van der Waals surface area contributed by atoms with Crippen LogP contribution in [0.3, 0.4) is 0 Å². The predicted molar refractivity (Wildman–Crippen MR) is 112 cm³/mol. The second kappa shape index (κ2) is 8.14. The highest BCUT2D eigenvalue weighted by molar-refractivity contribution is 5.97. The quantitative estimate of drug-likeness (QED) is 0.654. The van der Waals surface area contributed by atoms with Crippen molar-refractivity contribution < 1.29 is 9.59 Å². The molecule has 0 bridgehead atoms. The van der Waals surface area contributed by atoms with E-state index in [4.69, 9.17) is 0 Å². The summed E-state index contributed by atoms with van der Waals surface area (Å²) in [7, 11) is 0. The number of aryl methyl sites for hydroxylation is 3. The Hall–Kier alpha value is -3.42. The lowest BCUT2D eigenvalue weighted by atomic mass is 9.96. The van der Waals surface area contributed by atoms with Gasteiger partial charge in [0.25, 0.3) is 5.91 Å². The van der Waals surface area contributed by atoms with Crippen LogP contribution < -0.4 is 5.32 Å². The van der Waals surface area contributed by atoms with Gasteiger partial charge in [0, 0.05) is 55.4 Å². The molecular formula is C22H26N6O2. The van der Waals surface area contributed by atoms with Gasteiger partial charge in [-0.25, -0.2) is 4.98 Å². The van der Waals surface area contributed by atoms with Crippen molar-refractivity contribution in [1.29, 1.82) is 0 Å². The van der Waals surface area contributed by atoms with Crippen molar-refractivity contribution in [3.63, 3.8) is 0 Å². The first-order valence-corrected chi connectivity index (χ1v) is 10.1. The first-order chi connectivity index (χ1) is 14.4. The largest absolute Gasteiger partial charge is 0.352 e. The molecule has 2 N–H and O–H groups in total. The fraction of sp³-hybridized carbons (Fsp3) is 0.364. The number of nitrogens with one attached hydrogen (secondary N) is 2. The zero-order valence-electron chi connectivity index (χ0n) is 17.5. The van der Waals surface area contributed by atoms with Crippen molar-refractivity contribution in [2.75, 3.05) is 13.1 Å². The number of benzene rings is 1. The standard InChI is InChI=1S/C22H26N6O2/c1-14-20(15(2)26-25-14)10-24-21(29)18-12-28(13-18)22(30)19-7-5-4-6-17(19)11-27-9-8-23-16(27)3/h4-9,18H,10-13H2,1-3H3,(H,24,29)(H,25,26). The van der Waals surface area contributed by atoms with Crippen molar-refractivity contribution in [2.24, 2.45) is 5.92 Å². The molecule has 3 aromatic rings. The van der Waals surface area contributed by atoms with Gasteiger partial charge in [-0.3, -0.25) is 14.7 Å². The zero-order valence-corrected chi connectivity index (χ0v) is 17.5. The van der Waals surface area contributed by atoms with Crippen LogP contribution in [0.25, 0.3) is 0 Å². The van der Waals surface area contributed by atoms with Gasteiger partial charge in [0.1, 0.15) is 5.82 Å². The second-order valence-electron chi connectivity index (χ2n) is 7.80. The summed E-state index contributed by atoms with van der Waals surface area (Å²) in [5.74, 6) is 0.667. The topological polar surface area (TPSA) is 95.9 Å². The molecule has 1 aliphatic rings. The molecule has 1 aliphatic heterocycles. The molecule has 8 nitrogen and oxygen atoms in total. The lowest BCUT2D eigenvalue weighted by molar-refractivity contribution is -0.129. The Morgan fingerprint density at radius 3 is 2.63 bits per heavy atom. The van der Waals surface area contributed by atoms with Gasteiger partial charge in [-0.15, -0.1) is 0 Å². The maximum atomic E-state index is 13.0. The van der Waals surface area contributed by atoms with Crippen molar-refractivity contribution in [3.05, 3.63) is 70.6 Å². The molecule has 3 heterocycles. The van der Waals surface area contributed by atoms with Crippen LogP contribution in [0.5, 0.6) is 0 Å². The fourth-order valence-corrected chi connectivity index (χ4v) is 3.76. The average Bonchev–Trinajstić information content (AvgIpc) is 3.24. The van der Waals surface area contributed by atoms with Crippen molar-refractivity contribution >= 4 is 11.8 Å². The molecule has 4 rings (SSSR count). The Labute approximate surface area is 175 Å². The number of rotatable bonds is 6. The van der Waals surface area contributed by atoms with Gasteiger partial charge in [0.2, 0.25) is 5.91 Å². The molecule has 8 heteroatoms. The smallest absolute Gasteiger partial charge is 0.254 e. The zero-order chi connectivity index (χ0) is 21.3. The number of aromatic nitrogens is 4. The van der Waals surface area contributed by atoms with E-state index in [9.17, 15) is 9.59 Å². The maximum absolute atomic E-state index is 13.0. The van der Waals surface area contributed by atoms with E-state index in [1.807, 2.05) is 55.8 Å². The van der Waals surface area contributed by atoms with E-state index in [2.05, 4.69) is 20.5 Å². The molecule has 30 heavy (non-hydrogen) atoms. The number of likely N-dealkylation sites (tertiary alicyclic amines) is 1. The molecule has 1 fully saturated rings. The van der Waals surface area contributed by atoms with E-state index >= 15 is 0 Å². The first-order valence-electron chi connectivity index (χ1n) is 10.1. The van der Waals surface area contributed by atoms with Crippen LogP contribution in [0.2, 0.25) is 0 Å². The molecule has 2 aromatic heterocycles. The summed E-state index contributed by atoms with van der Waals surface area (Å²) in [4.78, 5) is 31.5. The Bertz CT molecular complexity index is 1060. The molecule has 0 spiro atoms. The van der Waals surface area contributed by atoms with Crippen LogP contribution in [-0.4, -0.2) is 49.6 Å². The number of hydrogen-bond donors (Lipinski definition) is 2. The molecule has 0 atom stereocenters. The molecule has 0 saturated carbocycles. The minimum atomic E-state index is -0.176. The van der Waals surface area contributed by atoms with E-state index in [1.165, 1.54) is 0 Å².